The summed E-state index contributed by atoms with van der Waals surface area (Å²) >= 11 is 0. The molecule has 0 aromatic heterocycles. The molecule has 1 unspecified atom stereocenters. The molecule has 1 atom stereocenters. The summed E-state index contributed by atoms with van der Waals surface area (Å²) in [5.74, 6) is -1.46. The number of carbonyl (C=O) groups is 2. The van der Waals surface area contributed by atoms with E-state index in [4.69, 9.17) is 5.11 Å². The maximum atomic E-state index is 12.0. The summed E-state index contributed by atoms with van der Waals surface area (Å²) < 4.78 is 0. The molecule has 0 saturated heterocycles. The lowest BCUT2D eigenvalue weighted by Crippen LogP contribution is -2.43. The van der Waals surface area contributed by atoms with Gasteiger partial charge in [0.2, 0.25) is 0 Å². The summed E-state index contributed by atoms with van der Waals surface area (Å²) in [5.41, 5.74) is 1.32. The first kappa shape index (κ1) is 15.4. The summed E-state index contributed by atoms with van der Waals surface area (Å²) in [6, 6.07) is 9.98. The summed E-state index contributed by atoms with van der Waals surface area (Å²) in [6.45, 7) is 2.40. The second-order valence-electron chi connectivity index (χ2n) is 5.92. The second kappa shape index (κ2) is 6.16. The second-order valence-corrected chi connectivity index (χ2v) is 5.92. The molecule has 2 N–H and O–H groups in total. The number of aliphatic carboxylic acids is 1. The smallest absolute Gasteiger partial charge is 0.317 e. The molecule has 1 fully saturated rings. The van der Waals surface area contributed by atoms with E-state index in [0.29, 0.717) is 6.54 Å². The molecule has 114 valence electrons. The lowest BCUT2D eigenvalue weighted by molar-refractivity contribution is -0.141. The molecule has 0 bridgehead atoms. The van der Waals surface area contributed by atoms with Crippen LogP contribution in [0.3, 0.4) is 0 Å². The van der Waals surface area contributed by atoms with E-state index in [1.54, 1.807) is 14.0 Å². The number of amides is 2. The van der Waals surface area contributed by atoms with Gasteiger partial charge in [-0.15, -0.1) is 0 Å². The Hall–Kier alpha value is -2.04. The number of urea groups is 1. The molecule has 1 aliphatic carbocycles. The van der Waals surface area contributed by atoms with Gasteiger partial charge in [0.1, 0.15) is 0 Å². The van der Waals surface area contributed by atoms with Gasteiger partial charge in [-0.3, -0.25) is 4.79 Å². The van der Waals surface area contributed by atoms with Crippen LogP contribution in [0.5, 0.6) is 0 Å². The molecule has 2 rings (SSSR count). The van der Waals surface area contributed by atoms with Gasteiger partial charge in [0.25, 0.3) is 0 Å². The number of hydrogen-bond acceptors (Lipinski definition) is 2. The average molecular weight is 290 g/mol. The van der Waals surface area contributed by atoms with Gasteiger partial charge in [0, 0.05) is 25.6 Å². The fraction of sp³-hybridized carbons (Fsp3) is 0.500. The minimum Gasteiger partial charge on any atom is -0.481 e. The maximum absolute atomic E-state index is 12.0. The Labute approximate surface area is 125 Å². The summed E-state index contributed by atoms with van der Waals surface area (Å²) in [4.78, 5) is 24.3. The number of nitrogens with one attached hydrogen (secondary N) is 1. The van der Waals surface area contributed by atoms with Crippen molar-refractivity contribution in [2.24, 2.45) is 5.92 Å². The van der Waals surface area contributed by atoms with Crippen molar-refractivity contribution in [3.05, 3.63) is 35.9 Å². The number of carboxylic acids is 1. The third-order valence-electron chi connectivity index (χ3n) is 4.13. The number of benzene rings is 1. The van der Waals surface area contributed by atoms with E-state index in [1.807, 2.05) is 18.2 Å². The van der Waals surface area contributed by atoms with Crippen molar-refractivity contribution < 1.29 is 14.7 Å². The van der Waals surface area contributed by atoms with Crippen LogP contribution in [0.2, 0.25) is 0 Å². The number of nitrogens with zero attached hydrogens (tertiary/aromatic N) is 1. The van der Waals surface area contributed by atoms with E-state index in [1.165, 1.54) is 10.5 Å². The zero-order valence-electron chi connectivity index (χ0n) is 12.5. The van der Waals surface area contributed by atoms with Crippen molar-refractivity contribution in [1.82, 2.24) is 10.2 Å². The van der Waals surface area contributed by atoms with Crippen LogP contribution in [-0.4, -0.2) is 42.1 Å². The molecule has 1 aromatic rings. The Morgan fingerprint density at radius 2 is 1.95 bits per heavy atom. The molecule has 5 heteroatoms. The van der Waals surface area contributed by atoms with Crippen LogP contribution in [0.15, 0.2) is 30.3 Å². The predicted molar refractivity (Wildman–Crippen MR) is 80.2 cm³/mol. The van der Waals surface area contributed by atoms with Crippen molar-refractivity contribution in [1.29, 1.82) is 0 Å². The van der Waals surface area contributed by atoms with Crippen molar-refractivity contribution in [2.75, 3.05) is 20.1 Å². The summed E-state index contributed by atoms with van der Waals surface area (Å²) in [5, 5.41) is 11.8. The topological polar surface area (TPSA) is 69.6 Å². The summed E-state index contributed by atoms with van der Waals surface area (Å²) in [6.07, 6.45) is 2.15. The van der Waals surface area contributed by atoms with Gasteiger partial charge >= 0.3 is 12.0 Å². The number of carbonyl (C=O) groups excluding carboxylic acids is 1. The Morgan fingerprint density at radius 1 is 1.33 bits per heavy atom. The van der Waals surface area contributed by atoms with E-state index >= 15 is 0 Å². The third kappa shape index (κ3) is 3.74. The molecule has 0 spiro atoms. The van der Waals surface area contributed by atoms with Crippen LogP contribution < -0.4 is 5.32 Å². The molecule has 21 heavy (non-hydrogen) atoms. The molecular formula is C16H22N2O3. The molecule has 0 heterocycles. The highest BCUT2D eigenvalue weighted by Gasteiger charge is 2.44. The van der Waals surface area contributed by atoms with Crippen LogP contribution in [0.25, 0.3) is 0 Å². The Bertz CT molecular complexity index is 512. The van der Waals surface area contributed by atoms with Gasteiger partial charge < -0.3 is 15.3 Å². The van der Waals surface area contributed by atoms with Crippen LogP contribution >= 0.6 is 0 Å². The highest BCUT2D eigenvalue weighted by atomic mass is 16.4. The van der Waals surface area contributed by atoms with Gasteiger partial charge in [-0.1, -0.05) is 37.3 Å². The zero-order valence-corrected chi connectivity index (χ0v) is 12.5. The fourth-order valence-electron chi connectivity index (χ4n) is 2.46. The molecule has 0 radical (unpaired) electrons. The zero-order chi connectivity index (χ0) is 15.5. The molecule has 5 nitrogen and oxygen atoms in total. The van der Waals surface area contributed by atoms with Crippen molar-refractivity contribution in [2.45, 2.75) is 25.2 Å². The van der Waals surface area contributed by atoms with Crippen LogP contribution in [0.1, 0.15) is 25.3 Å². The largest absolute Gasteiger partial charge is 0.481 e. The van der Waals surface area contributed by atoms with Crippen molar-refractivity contribution in [3.63, 3.8) is 0 Å². The first-order chi connectivity index (χ1) is 9.94. The SMILES string of the molecule is CC(CN(C)C(=O)NCC1(c2ccccc2)CC1)C(=O)O. The van der Waals surface area contributed by atoms with Crippen LogP contribution in [-0.2, 0) is 10.2 Å². The molecule has 2 amide bonds. The molecular weight excluding hydrogens is 268 g/mol. The van der Waals surface area contributed by atoms with Gasteiger partial charge in [0.05, 0.1) is 5.92 Å². The van der Waals surface area contributed by atoms with Crippen LogP contribution in [0.4, 0.5) is 4.79 Å². The molecule has 0 aliphatic heterocycles. The lowest BCUT2D eigenvalue weighted by atomic mass is 9.96. The first-order valence-corrected chi connectivity index (χ1v) is 7.22. The standard InChI is InChI=1S/C16H22N2O3/c1-12(14(19)20)10-18(2)15(21)17-11-16(8-9-16)13-6-4-3-5-7-13/h3-7,12H,8-11H2,1-2H3,(H,17,21)(H,19,20). The molecule has 1 aliphatic rings. The molecule has 1 saturated carbocycles. The Morgan fingerprint density at radius 3 is 2.48 bits per heavy atom. The minimum atomic E-state index is -0.891. The van der Waals surface area contributed by atoms with E-state index in [-0.39, 0.29) is 18.0 Å². The van der Waals surface area contributed by atoms with E-state index in [9.17, 15) is 9.59 Å². The normalized spacial score (nSPS) is 16.9. The third-order valence-corrected chi connectivity index (χ3v) is 4.13. The van der Waals surface area contributed by atoms with Crippen molar-refractivity contribution >= 4 is 12.0 Å². The fourth-order valence-corrected chi connectivity index (χ4v) is 2.46. The first-order valence-electron chi connectivity index (χ1n) is 7.22. The number of rotatable bonds is 6. The van der Waals surface area contributed by atoms with E-state index < -0.39 is 11.9 Å². The van der Waals surface area contributed by atoms with Gasteiger partial charge in [-0.25, -0.2) is 4.79 Å². The van der Waals surface area contributed by atoms with Gasteiger partial charge in [0.15, 0.2) is 0 Å². The lowest BCUT2D eigenvalue weighted by Gasteiger charge is -2.22. The van der Waals surface area contributed by atoms with E-state index in [0.717, 1.165) is 12.8 Å². The molecule has 1 aromatic carbocycles. The monoisotopic (exact) mass is 290 g/mol. The van der Waals surface area contributed by atoms with Gasteiger partial charge in [-0.2, -0.15) is 0 Å². The highest BCUT2D eigenvalue weighted by Crippen LogP contribution is 2.47. The number of carboxylic acid groups (broad SMARTS) is 1. The van der Waals surface area contributed by atoms with Gasteiger partial charge in [-0.05, 0) is 18.4 Å². The van der Waals surface area contributed by atoms with Crippen molar-refractivity contribution in [3.8, 4) is 0 Å². The van der Waals surface area contributed by atoms with Crippen LogP contribution in [0, 0.1) is 5.92 Å². The Balaban J connectivity index is 1.86. The predicted octanol–water partition coefficient (Wildman–Crippen LogP) is 2.08. The Kier molecular flexibility index (Phi) is 4.50. The highest BCUT2D eigenvalue weighted by molar-refractivity contribution is 5.75. The average Bonchev–Trinajstić information content (AvgIpc) is 3.26. The number of hydrogen-bond donors (Lipinski definition) is 2. The quantitative estimate of drug-likeness (QED) is 0.842. The summed E-state index contributed by atoms with van der Waals surface area (Å²) in [7, 11) is 1.62. The van der Waals surface area contributed by atoms with E-state index in [2.05, 4.69) is 17.4 Å². The maximum Gasteiger partial charge on any atom is 0.317 e. The minimum absolute atomic E-state index is 0.0656.